The minimum absolute atomic E-state index is 0.0138. The van der Waals surface area contributed by atoms with Crippen molar-refractivity contribution in [2.45, 2.75) is 0 Å². The van der Waals surface area contributed by atoms with E-state index in [1.807, 2.05) is 0 Å². The van der Waals surface area contributed by atoms with Gasteiger partial charge in [-0.25, -0.2) is 19.7 Å². The highest BCUT2D eigenvalue weighted by atomic mass is 35.5. The smallest absolute Gasteiger partial charge is 0.356 e. The standard InChI is InChI=1S/C9H5ClN4O2/c10-5-3-13-8(14-7(5)9(15)16)6-4-11-1-2-12-6/h1-4H,(H,15,16). The maximum atomic E-state index is 10.8. The molecule has 1 N–H and O–H groups in total. The van der Waals surface area contributed by atoms with Crippen molar-refractivity contribution in [3.63, 3.8) is 0 Å². The van der Waals surface area contributed by atoms with Gasteiger partial charge in [-0.15, -0.1) is 0 Å². The zero-order valence-electron chi connectivity index (χ0n) is 7.83. The third kappa shape index (κ3) is 1.96. The number of hydrogen-bond donors (Lipinski definition) is 1. The van der Waals surface area contributed by atoms with Crippen LogP contribution in [0, 0.1) is 0 Å². The zero-order chi connectivity index (χ0) is 11.5. The second kappa shape index (κ2) is 4.19. The van der Waals surface area contributed by atoms with E-state index in [9.17, 15) is 4.79 Å². The molecule has 6 nitrogen and oxygen atoms in total. The molecular formula is C9H5ClN4O2. The summed E-state index contributed by atoms with van der Waals surface area (Å²) in [5.74, 6) is -1.03. The van der Waals surface area contributed by atoms with Gasteiger partial charge in [0.15, 0.2) is 11.5 Å². The van der Waals surface area contributed by atoms with Gasteiger partial charge in [-0.1, -0.05) is 11.6 Å². The average Bonchev–Trinajstić information content (AvgIpc) is 2.30. The average molecular weight is 237 g/mol. The van der Waals surface area contributed by atoms with E-state index < -0.39 is 5.97 Å². The van der Waals surface area contributed by atoms with Crippen LogP contribution in [0.2, 0.25) is 5.02 Å². The van der Waals surface area contributed by atoms with Gasteiger partial charge in [-0.3, -0.25) is 4.98 Å². The largest absolute Gasteiger partial charge is 0.476 e. The Morgan fingerprint density at radius 2 is 2.06 bits per heavy atom. The molecule has 2 rings (SSSR count). The number of carboxylic acid groups (broad SMARTS) is 1. The molecule has 0 atom stereocenters. The van der Waals surface area contributed by atoms with Crippen LogP contribution in [0.1, 0.15) is 10.5 Å². The Labute approximate surface area is 95.0 Å². The lowest BCUT2D eigenvalue weighted by Gasteiger charge is -2.01. The quantitative estimate of drug-likeness (QED) is 0.845. The minimum Gasteiger partial charge on any atom is -0.476 e. The molecule has 0 aliphatic heterocycles. The van der Waals surface area contributed by atoms with Crippen molar-refractivity contribution < 1.29 is 9.90 Å². The van der Waals surface area contributed by atoms with Crippen molar-refractivity contribution in [1.29, 1.82) is 0 Å². The Hall–Kier alpha value is -2.08. The highest BCUT2D eigenvalue weighted by Crippen LogP contribution is 2.16. The molecule has 0 radical (unpaired) electrons. The van der Waals surface area contributed by atoms with Crippen LogP contribution in [0.3, 0.4) is 0 Å². The van der Waals surface area contributed by atoms with E-state index in [1.54, 1.807) is 0 Å². The molecule has 0 aliphatic rings. The topological polar surface area (TPSA) is 88.9 Å². The lowest BCUT2D eigenvalue weighted by atomic mass is 10.3. The van der Waals surface area contributed by atoms with Crippen LogP contribution >= 0.6 is 11.6 Å². The molecule has 0 saturated carbocycles. The number of hydrogen-bond acceptors (Lipinski definition) is 5. The fourth-order valence-electron chi connectivity index (χ4n) is 1.06. The number of aromatic nitrogens is 4. The molecule has 80 valence electrons. The van der Waals surface area contributed by atoms with Crippen LogP contribution in [0.25, 0.3) is 11.5 Å². The Morgan fingerprint density at radius 3 is 2.69 bits per heavy atom. The number of rotatable bonds is 2. The molecule has 0 amide bonds. The number of nitrogens with zero attached hydrogens (tertiary/aromatic N) is 4. The van der Waals surface area contributed by atoms with E-state index in [0.717, 1.165) is 0 Å². The van der Waals surface area contributed by atoms with Gasteiger partial charge in [0.1, 0.15) is 5.69 Å². The summed E-state index contributed by atoms with van der Waals surface area (Å²) < 4.78 is 0. The van der Waals surface area contributed by atoms with Crippen LogP contribution in [0.15, 0.2) is 24.8 Å². The summed E-state index contributed by atoms with van der Waals surface area (Å²) in [7, 11) is 0. The van der Waals surface area contributed by atoms with Crippen molar-refractivity contribution in [1.82, 2.24) is 19.9 Å². The number of halogens is 1. The molecule has 0 bridgehead atoms. The van der Waals surface area contributed by atoms with Crippen LogP contribution < -0.4 is 0 Å². The van der Waals surface area contributed by atoms with Crippen LogP contribution in [-0.4, -0.2) is 31.0 Å². The first-order chi connectivity index (χ1) is 7.68. The highest BCUT2D eigenvalue weighted by Gasteiger charge is 2.13. The summed E-state index contributed by atoms with van der Waals surface area (Å²) >= 11 is 5.64. The van der Waals surface area contributed by atoms with Gasteiger partial charge in [0.05, 0.1) is 17.4 Å². The Kier molecular flexibility index (Phi) is 2.74. The predicted molar refractivity (Wildman–Crippen MR) is 55.0 cm³/mol. The van der Waals surface area contributed by atoms with Gasteiger partial charge in [-0.05, 0) is 0 Å². The Bertz CT molecular complexity index is 532. The molecule has 0 unspecified atom stereocenters. The third-order valence-electron chi connectivity index (χ3n) is 1.74. The summed E-state index contributed by atoms with van der Waals surface area (Å²) in [6.45, 7) is 0. The molecule has 0 spiro atoms. The molecule has 0 aromatic carbocycles. The summed E-state index contributed by atoms with van der Waals surface area (Å²) in [5, 5.41) is 8.81. The van der Waals surface area contributed by atoms with Gasteiger partial charge in [0.25, 0.3) is 0 Å². The van der Waals surface area contributed by atoms with Gasteiger partial charge < -0.3 is 5.11 Å². The first-order valence-electron chi connectivity index (χ1n) is 4.20. The van der Waals surface area contributed by atoms with Crippen LogP contribution in [0.4, 0.5) is 0 Å². The van der Waals surface area contributed by atoms with E-state index in [2.05, 4.69) is 19.9 Å². The van der Waals surface area contributed by atoms with Crippen molar-refractivity contribution in [3.05, 3.63) is 35.5 Å². The van der Waals surface area contributed by atoms with E-state index in [-0.39, 0.29) is 16.5 Å². The van der Waals surface area contributed by atoms with E-state index in [0.29, 0.717) is 5.69 Å². The molecule has 7 heteroatoms. The fourth-order valence-corrected chi connectivity index (χ4v) is 1.23. The van der Waals surface area contributed by atoms with Gasteiger partial charge in [0, 0.05) is 12.4 Å². The van der Waals surface area contributed by atoms with Crippen molar-refractivity contribution >= 4 is 17.6 Å². The molecule has 16 heavy (non-hydrogen) atoms. The number of carboxylic acids is 1. The third-order valence-corrected chi connectivity index (χ3v) is 2.02. The Morgan fingerprint density at radius 1 is 1.25 bits per heavy atom. The van der Waals surface area contributed by atoms with Crippen molar-refractivity contribution in [2.24, 2.45) is 0 Å². The first kappa shape index (κ1) is 10.4. The minimum atomic E-state index is -1.21. The summed E-state index contributed by atoms with van der Waals surface area (Å²) in [6, 6.07) is 0. The SMILES string of the molecule is O=C(O)c1nc(-c2cnccn2)ncc1Cl. The Balaban J connectivity index is 2.52. The van der Waals surface area contributed by atoms with Crippen molar-refractivity contribution in [3.8, 4) is 11.5 Å². The maximum Gasteiger partial charge on any atom is 0.356 e. The van der Waals surface area contributed by atoms with E-state index >= 15 is 0 Å². The molecule has 2 aromatic heterocycles. The molecule has 2 heterocycles. The van der Waals surface area contributed by atoms with Crippen LogP contribution in [0.5, 0.6) is 0 Å². The van der Waals surface area contributed by atoms with Gasteiger partial charge in [-0.2, -0.15) is 0 Å². The first-order valence-corrected chi connectivity index (χ1v) is 4.58. The van der Waals surface area contributed by atoms with Gasteiger partial charge >= 0.3 is 5.97 Å². The molecule has 0 fully saturated rings. The maximum absolute atomic E-state index is 10.8. The second-order valence-corrected chi connectivity index (χ2v) is 3.19. The number of carbonyl (C=O) groups is 1. The second-order valence-electron chi connectivity index (χ2n) is 2.79. The van der Waals surface area contributed by atoms with E-state index in [4.69, 9.17) is 16.7 Å². The molecule has 0 aliphatic carbocycles. The predicted octanol–water partition coefficient (Wildman–Crippen LogP) is 1.29. The normalized spacial score (nSPS) is 10.1. The lowest BCUT2D eigenvalue weighted by molar-refractivity contribution is 0.0690. The number of aromatic carboxylic acids is 1. The molecule has 2 aromatic rings. The monoisotopic (exact) mass is 236 g/mol. The highest BCUT2D eigenvalue weighted by molar-refractivity contribution is 6.33. The summed E-state index contributed by atoms with van der Waals surface area (Å²) in [4.78, 5) is 26.3. The zero-order valence-corrected chi connectivity index (χ0v) is 8.59. The van der Waals surface area contributed by atoms with Crippen molar-refractivity contribution in [2.75, 3.05) is 0 Å². The summed E-state index contributed by atoms with van der Waals surface area (Å²) in [5.41, 5.74) is 0.138. The van der Waals surface area contributed by atoms with E-state index in [1.165, 1.54) is 24.8 Å². The molecule has 0 saturated heterocycles. The van der Waals surface area contributed by atoms with Gasteiger partial charge in [0.2, 0.25) is 0 Å². The summed E-state index contributed by atoms with van der Waals surface area (Å²) in [6.07, 6.45) is 5.63. The van der Waals surface area contributed by atoms with Crippen LogP contribution in [-0.2, 0) is 0 Å². The fraction of sp³-hybridized carbons (Fsp3) is 0. The lowest BCUT2D eigenvalue weighted by Crippen LogP contribution is -2.04. The molecular weight excluding hydrogens is 232 g/mol.